The number of hydrogen-bond donors (Lipinski definition) is 3. The first-order valence-corrected chi connectivity index (χ1v) is 42.2. The third-order valence-electron chi connectivity index (χ3n) is 17.9. The summed E-state index contributed by atoms with van der Waals surface area (Å²) >= 11 is 0. The van der Waals surface area contributed by atoms with Gasteiger partial charge in [-0.15, -0.1) is 0 Å². The molecular weight excluding hydrogens is 1230 g/mol. The minimum absolute atomic E-state index is 0.107. The van der Waals surface area contributed by atoms with Crippen LogP contribution in [-0.2, 0) is 65.4 Å². The third kappa shape index (κ3) is 67.3. The lowest BCUT2D eigenvalue weighted by Gasteiger charge is -2.21. The van der Waals surface area contributed by atoms with Crippen LogP contribution in [0.5, 0.6) is 0 Å². The summed E-state index contributed by atoms with van der Waals surface area (Å²) in [5.74, 6) is -1.31. The number of unbranched alkanes of at least 4 members (excludes halogenated alkanes) is 46. The number of hydrogen-bond acceptors (Lipinski definition) is 15. The lowest BCUT2D eigenvalue weighted by atomic mass is 9.99. The van der Waals surface area contributed by atoms with Crippen molar-refractivity contribution in [2.24, 2.45) is 5.92 Å². The van der Waals surface area contributed by atoms with Crippen molar-refractivity contribution in [1.82, 2.24) is 0 Å². The number of phosphoric acid groups is 2. The van der Waals surface area contributed by atoms with Crippen molar-refractivity contribution in [3.63, 3.8) is 0 Å². The summed E-state index contributed by atoms with van der Waals surface area (Å²) in [5, 5.41) is 10.6. The fourth-order valence-corrected chi connectivity index (χ4v) is 13.1. The third-order valence-corrected chi connectivity index (χ3v) is 19.8. The Hall–Kier alpha value is -1.94. The molecular formula is C75H146O17P2. The Labute approximate surface area is 575 Å². The highest BCUT2D eigenvalue weighted by Crippen LogP contribution is 2.45. The van der Waals surface area contributed by atoms with Crippen molar-refractivity contribution in [3.05, 3.63) is 0 Å². The Balaban J connectivity index is 5.20. The van der Waals surface area contributed by atoms with Gasteiger partial charge in [-0.1, -0.05) is 343 Å². The normalized spacial score (nSPS) is 14.3. The summed E-state index contributed by atoms with van der Waals surface area (Å²) in [7, 11) is -9.90. The molecule has 0 aromatic heterocycles. The summed E-state index contributed by atoms with van der Waals surface area (Å²) in [6.45, 7) is 7.29. The monoisotopic (exact) mass is 1380 g/mol. The van der Waals surface area contributed by atoms with Gasteiger partial charge in [-0.3, -0.25) is 37.3 Å². The first-order valence-electron chi connectivity index (χ1n) is 39.2. The largest absolute Gasteiger partial charge is 0.472 e. The van der Waals surface area contributed by atoms with Gasteiger partial charge in [0.2, 0.25) is 0 Å². The summed E-state index contributed by atoms with van der Waals surface area (Å²) in [6, 6.07) is 0. The van der Waals surface area contributed by atoms with E-state index in [1.807, 2.05) is 0 Å². The molecule has 19 heteroatoms. The number of ether oxygens (including phenoxy) is 4. The molecule has 0 saturated carbocycles. The van der Waals surface area contributed by atoms with Gasteiger partial charge in [-0.25, -0.2) is 9.13 Å². The van der Waals surface area contributed by atoms with Crippen molar-refractivity contribution >= 4 is 39.5 Å². The van der Waals surface area contributed by atoms with E-state index in [4.69, 9.17) is 37.0 Å². The van der Waals surface area contributed by atoms with E-state index in [1.165, 1.54) is 218 Å². The van der Waals surface area contributed by atoms with Gasteiger partial charge in [0.25, 0.3) is 0 Å². The van der Waals surface area contributed by atoms with Crippen molar-refractivity contribution in [2.75, 3.05) is 39.6 Å². The van der Waals surface area contributed by atoms with Crippen LogP contribution in [0.25, 0.3) is 0 Å². The van der Waals surface area contributed by atoms with Crippen molar-refractivity contribution in [2.45, 2.75) is 412 Å². The van der Waals surface area contributed by atoms with Gasteiger partial charge in [-0.2, -0.15) is 0 Å². The molecule has 94 heavy (non-hydrogen) atoms. The topological polar surface area (TPSA) is 237 Å². The van der Waals surface area contributed by atoms with E-state index in [0.717, 1.165) is 95.8 Å². The molecule has 6 atom stereocenters. The number of rotatable bonds is 75. The highest BCUT2D eigenvalue weighted by molar-refractivity contribution is 7.47. The van der Waals surface area contributed by atoms with Crippen molar-refractivity contribution in [1.29, 1.82) is 0 Å². The average Bonchev–Trinajstić information content (AvgIpc) is 1.32. The molecule has 0 bridgehead atoms. The Morgan fingerprint density at radius 2 is 0.511 bits per heavy atom. The van der Waals surface area contributed by atoms with Crippen LogP contribution in [-0.4, -0.2) is 96.7 Å². The van der Waals surface area contributed by atoms with Crippen LogP contribution < -0.4 is 0 Å². The second-order valence-electron chi connectivity index (χ2n) is 27.3. The minimum Gasteiger partial charge on any atom is -0.462 e. The van der Waals surface area contributed by atoms with E-state index < -0.39 is 97.5 Å². The standard InChI is InChI=1S/C75H146O17P2/c1-6-10-13-16-19-22-24-25-26-27-28-29-30-31-32-34-41-46-51-56-61-75(80)92-71(65-86-73(78)59-54-49-44-39-36-35-38-42-47-52-57-68(5)9-4)67-90-94(83,84)88-63-69(76)62-87-93(81,82)89-66-70(64-85-72(77)58-53-48-43-37-21-18-15-12-8-3)91-74(79)60-55-50-45-40-33-23-20-17-14-11-7-2/h68-71,76H,6-67H2,1-5H3,(H,81,82)(H,83,84)/t68?,69-,70+,71+/m0/s1. The maximum Gasteiger partial charge on any atom is 0.472 e. The zero-order chi connectivity index (χ0) is 69.1. The molecule has 0 rings (SSSR count). The van der Waals surface area contributed by atoms with Crippen LogP contribution >= 0.6 is 15.6 Å². The molecule has 0 aromatic carbocycles. The van der Waals surface area contributed by atoms with Crippen LogP contribution in [0.3, 0.4) is 0 Å². The summed E-state index contributed by atoms with van der Waals surface area (Å²) in [4.78, 5) is 72.7. The molecule has 558 valence electrons. The van der Waals surface area contributed by atoms with E-state index in [2.05, 4.69) is 34.6 Å². The van der Waals surface area contributed by atoms with E-state index in [9.17, 15) is 43.2 Å². The number of carbonyl (C=O) groups excluding carboxylic acids is 4. The Morgan fingerprint density at radius 3 is 0.755 bits per heavy atom. The SMILES string of the molecule is CCCCCCCCCCCCCCCCCCCCCCC(=O)O[C@H](COC(=O)CCCCCCCCCCCCC(C)CC)COP(=O)(O)OC[C@@H](O)COP(=O)(O)OC[C@@H](COC(=O)CCCCCCCCCCC)OC(=O)CCCCCCCCCCCCC. The maximum absolute atomic E-state index is 13.1. The summed E-state index contributed by atoms with van der Waals surface area (Å²) in [6.07, 6.45) is 56.8. The Kier molecular flexibility index (Phi) is 66.8. The molecule has 0 amide bonds. The number of esters is 4. The number of phosphoric ester groups is 2. The Bertz CT molecular complexity index is 1810. The van der Waals surface area contributed by atoms with E-state index in [0.29, 0.717) is 25.7 Å². The fraction of sp³-hybridized carbons (Fsp3) is 0.947. The van der Waals surface area contributed by atoms with E-state index >= 15 is 0 Å². The zero-order valence-corrected chi connectivity index (χ0v) is 62.9. The molecule has 0 spiro atoms. The number of aliphatic hydroxyl groups is 1. The second kappa shape index (κ2) is 68.2. The molecule has 0 fully saturated rings. The molecule has 0 aliphatic rings. The minimum atomic E-state index is -4.96. The summed E-state index contributed by atoms with van der Waals surface area (Å²) in [5.41, 5.74) is 0. The molecule has 3 unspecified atom stereocenters. The average molecular weight is 1380 g/mol. The van der Waals surface area contributed by atoms with E-state index in [-0.39, 0.29) is 25.7 Å². The molecule has 0 heterocycles. The van der Waals surface area contributed by atoms with Crippen molar-refractivity contribution in [3.8, 4) is 0 Å². The molecule has 3 N–H and O–H groups in total. The maximum atomic E-state index is 13.1. The summed E-state index contributed by atoms with van der Waals surface area (Å²) < 4.78 is 68.4. The second-order valence-corrected chi connectivity index (χ2v) is 30.2. The number of carbonyl (C=O) groups is 4. The molecule has 0 aromatic rings. The first-order chi connectivity index (χ1) is 45.6. The zero-order valence-electron chi connectivity index (χ0n) is 61.1. The van der Waals surface area contributed by atoms with Crippen LogP contribution in [0.15, 0.2) is 0 Å². The van der Waals surface area contributed by atoms with Gasteiger partial charge < -0.3 is 33.8 Å². The molecule has 0 aliphatic carbocycles. The predicted octanol–water partition coefficient (Wildman–Crippen LogP) is 22.1. The van der Waals surface area contributed by atoms with Gasteiger partial charge in [0.15, 0.2) is 12.2 Å². The lowest BCUT2D eigenvalue weighted by Crippen LogP contribution is -2.30. The van der Waals surface area contributed by atoms with Crippen molar-refractivity contribution < 1.29 is 80.2 Å². The molecule has 0 aliphatic heterocycles. The number of aliphatic hydroxyl groups excluding tert-OH is 1. The lowest BCUT2D eigenvalue weighted by molar-refractivity contribution is -0.161. The van der Waals surface area contributed by atoms with Gasteiger partial charge in [0.05, 0.1) is 26.4 Å². The molecule has 0 radical (unpaired) electrons. The van der Waals surface area contributed by atoms with Crippen LogP contribution in [0.1, 0.15) is 394 Å². The smallest absolute Gasteiger partial charge is 0.462 e. The Morgan fingerprint density at radius 1 is 0.298 bits per heavy atom. The predicted molar refractivity (Wildman–Crippen MR) is 382 cm³/mol. The highest BCUT2D eigenvalue weighted by atomic mass is 31.2. The van der Waals surface area contributed by atoms with Crippen LogP contribution in [0.2, 0.25) is 0 Å². The fourth-order valence-electron chi connectivity index (χ4n) is 11.5. The van der Waals surface area contributed by atoms with E-state index in [1.54, 1.807) is 0 Å². The molecule has 0 saturated heterocycles. The van der Waals surface area contributed by atoms with Gasteiger partial charge in [0, 0.05) is 25.7 Å². The van der Waals surface area contributed by atoms with Gasteiger partial charge in [0.1, 0.15) is 19.3 Å². The van der Waals surface area contributed by atoms with Crippen LogP contribution in [0, 0.1) is 5.92 Å². The quantitative estimate of drug-likeness (QED) is 0.0222. The van der Waals surface area contributed by atoms with Gasteiger partial charge >= 0.3 is 39.5 Å². The first kappa shape index (κ1) is 92.1. The molecule has 17 nitrogen and oxygen atoms in total. The highest BCUT2D eigenvalue weighted by Gasteiger charge is 2.30. The van der Waals surface area contributed by atoms with Gasteiger partial charge in [-0.05, 0) is 31.6 Å². The van der Waals surface area contributed by atoms with Crippen LogP contribution in [0.4, 0.5) is 0 Å².